The molecule has 1 atom stereocenters. The normalized spacial score (nSPS) is 16.6. The first kappa shape index (κ1) is 23.9. The lowest BCUT2D eigenvalue weighted by Gasteiger charge is -2.35. The van der Waals surface area contributed by atoms with Gasteiger partial charge in [-0.3, -0.25) is 14.5 Å². The average molecular weight is 435 g/mol. The monoisotopic (exact) mass is 434 g/mol. The number of carbonyl (C=O) groups is 2. The second-order valence-corrected chi connectivity index (χ2v) is 7.19. The third-order valence-corrected chi connectivity index (χ3v) is 5.32. The molecule has 1 aromatic carbocycles. The van der Waals surface area contributed by atoms with Gasteiger partial charge in [-0.15, -0.1) is 12.4 Å². The average Bonchev–Trinajstić information content (AvgIpc) is 3.15. The van der Waals surface area contributed by atoms with Crippen molar-refractivity contribution >= 4 is 29.9 Å². The zero-order chi connectivity index (χ0) is 20.8. The number of hydrogen-bond donors (Lipinski definition) is 2. The molecule has 2 N–H and O–H groups in total. The van der Waals surface area contributed by atoms with Crippen molar-refractivity contribution in [3.63, 3.8) is 0 Å². The Labute approximate surface area is 184 Å². The highest BCUT2D eigenvalue weighted by Gasteiger charge is 2.28. The minimum absolute atomic E-state index is 0. The maximum atomic E-state index is 12.6. The molecule has 9 heteroatoms. The molecule has 1 unspecified atom stereocenters. The van der Waals surface area contributed by atoms with Crippen molar-refractivity contribution in [2.45, 2.75) is 19.9 Å². The molecule has 164 valence electrons. The lowest BCUT2D eigenvalue weighted by molar-refractivity contribution is -0.118. The number of hydrogen-bond acceptors (Lipinski definition) is 5. The molecule has 2 heterocycles. The molecular weight excluding hydrogens is 404 g/mol. The summed E-state index contributed by atoms with van der Waals surface area (Å²) in [5.41, 5.74) is 1.32. The summed E-state index contributed by atoms with van der Waals surface area (Å²) in [6.45, 7) is 7.96. The van der Waals surface area contributed by atoms with Crippen LogP contribution in [0.15, 0.2) is 36.7 Å². The molecule has 0 aliphatic carbocycles. The van der Waals surface area contributed by atoms with E-state index < -0.39 is 0 Å². The highest BCUT2D eigenvalue weighted by Crippen LogP contribution is 2.20. The van der Waals surface area contributed by atoms with E-state index in [1.165, 1.54) is 0 Å². The number of carbonyl (C=O) groups excluding carboxylic acids is 2. The number of nitrogens with one attached hydrogen (secondary N) is 2. The summed E-state index contributed by atoms with van der Waals surface area (Å²) < 4.78 is 1.99. The van der Waals surface area contributed by atoms with Gasteiger partial charge in [0, 0.05) is 63.4 Å². The Bertz CT molecular complexity index is 834. The topological polar surface area (TPSA) is 82.5 Å². The maximum absolute atomic E-state index is 12.6. The molecule has 2 aromatic rings. The fraction of sp³-hybridized carbons (Fsp3) is 0.476. The number of aromatic nitrogens is 2. The minimum Gasteiger partial charge on any atom is -0.339 e. The Balaban J connectivity index is 0.00000320. The molecule has 0 spiro atoms. The van der Waals surface area contributed by atoms with Crippen molar-refractivity contribution in [3.8, 4) is 0 Å². The molecule has 3 rings (SSSR count). The standard InChI is InChI=1S/C21H30N6O2.ClH/c1-4-26(5-2)21(29)16-6-8-17(9-7-16)24-19(28)15-27-13-10-22-14-18(27)20-23-11-12-25(20)3;/h6-9,11-12,18,22H,4-5,10,13-15H2,1-3H3,(H,24,28);1H. The zero-order valence-corrected chi connectivity index (χ0v) is 18.6. The second-order valence-electron chi connectivity index (χ2n) is 7.19. The van der Waals surface area contributed by atoms with Crippen LogP contribution in [0.25, 0.3) is 0 Å². The molecule has 0 bridgehead atoms. The van der Waals surface area contributed by atoms with E-state index in [1.54, 1.807) is 35.4 Å². The Morgan fingerprint density at radius 3 is 2.53 bits per heavy atom. The Morgan fingerprint density at radius 2 is 1.93 bits per heavy atom. The number of nitrogens with zero attached hydrogens (tertiary/aromatic N) is 4. The van der Waals surface area contributed by atoms with Crippen molar-refractivity contribution in [1.82, 2.24) is 24.7 Å². The van der Waals surface area contributed by atoms with Crippen LogP contribution in [0, 0.1) is 0 Å². The van der Waals surface area contributed by atoms with Crippen molar-refractivity contribution in [2.75, 3.05) is 44.6 Å². The van der Waals surface area contributed by atoms with E-state index in [2.05, 4.69) is 20.5 Å². The Morgan fingerprint density at radius 1 is 1.23 bits per heavy atom. The second kappa shape index (κ2) is 11.1. The van der Waals surface area contributed by atoms with Crippen LogP contribution in [0.5, 0.6) is 0 Å². The fourth-order valence-corrected chi connectivity index (χ4v) is 3.66. The number of anilines is 1. The highest BCUT2D eigenvalue weighted by molar-refractivity contribution is 5.96. The molecule has 0 saturated carbocycles. The van der Waals surface area contributed by atoms with E-state index in [9.17, 15) is 9.59 Å². The van der Waals surface area contributed by atoms with Gasteiger partial charge in [0.25, 0.3) is 5.91 Å². The number of aryl methyl sites for hydroxylation is 1. The summed E-state index contributed by atoms with van der Waals surface area (Å²) in [7, 11) is 1.97. The van der Waals surface area contributed by atoms with Crippen LogP contribution < -0.4 is 10.6 Å². The lowest BCUT2D eigenvalue weighted by Crippen LogP contribution is -2.49. The molecule has 1 fully saturated rings. The van der Waals surface area contributed by atoms with Gasteiger partial charge in [0.15, 0.2) is 0 Å². The van der Waals surface area contributed by atoms with E-state index in [0.717, 1.165) is 25.5 Å². The number of piperazine rings is 1. The molecule has 0 radical (unpaired) electrons. The van der Waals surface area contributed by atoms with Crippen LogP contribution in [0.2, 0.25) is 0 Å². The van der Waals surface area contributed by atoms with Gasteiger partial charge in [-0.2, -0.15) is 0 Å². The first-order chi connectivity index (χ1) is 14.0. The van der Waals surface area contributed by atoms with E-state index in [0.29, 0.717) is 30.9 Å². The maximum Gasteiger partial charge on any atom is 0.253 e. The molecule has 1 aliphatic heterocycles. The van der Waals surface area contributed by atoms with Crippen LogP contribution in [0.4, 0.5) is 5.69 Å². The van der Waals surface area contributed by atoms with Crippen molar-refractivity contribution < 1.29 is 9.59 Å². The molecule has 2 amide bonds. The lowest BCUT2D eigenvalue weighted by atomic mass is 10.1. The summed E-state index contributed by atoms with van der Waals surface area (Å²) >= 11 is 0. The molecule has 8 nitrogen and oxygen atoms in total. The van der Waals surface area contributed by atoms with E-state index in [1.807, 2.05) is 31.7 Å². The summed E-state index contributed by atoms with van der Waals surface area (Å²) in [6.07, 6.45) is 3.70. The molecule has 1 saturated heterocycles. The molecule has 30 heavy (non-hydrogen) atoms. The van der Waals surface area contributed by atoms with Crippen LogP contribution >= 0.6 is 12.4 Å². The third kappa shape index (κ3) is 5.59. The van der Waals surface area contributed by atoms with E-state index in [-0.39, 0.29) is 30.3 Å². The number of rotatable bonds is 7. The van der Waals surface area contributed by atoms with Crippen molar-refractivity contribution in [3.05, 3.63) is 48.0 Å². The third-order valence-electron chi connectivity index (χ3n) is 5.32. The zero-order valence-electron chi connectivity index (χ0n) is 17.8. The van der Waals surface area contributed by atoms with Gasteiger partial charge in [0.05, 0.1) is 12.6 Å². The smallest absolute Gasteiger partial charge is 0.253 e. The largest absolute Gasteiger partial charge is 0.339 e. The van der Waals surface area contributed by atoms with Crippen LogP contribution in [-0.4, -0.2) is 70.4 Å². The van der Waals surface area contributed by atoms with Crippen LogP contribution in [-0.2, 0) is 11.8 Å². The predicted octanol–water partition coefficient (Wildman–Crippen LogP) is 1.91. The van der Waals surface area contributed by atoms with Gasteiger partial charge in [-0.1, -0.05) is 0 Å². The Kier molecular flexibility index (Phi) is 8.83. The SMILES string of the molecule is CCN(CC)C(=O)c1ccc(NC(=O)CN2CCNCC2c2nccn2C)cc1.Cl. The fourth-order valence-electron chi connectivity index (χ4n) is 3.66. The summed E-state index contributed by atoms with van der Waals surface area (Å²) in [5.74, 6) is 0.879. The number of halogens is 1. The summed E-state index contributed by atoms with van der Waals surface area (Å²) in [4.78, 5) is 33.4. The summed E-state index contributed by atoms with van der Waals surface area (Å²) in [5, 5.41) is 6.32. The highest BCUT2D eigenvalue weighted by atomic mass is 35.5. The van der Waals surface area contributed by atoms with Gasteiger partial charge in [-0.05, 0) is 38.1 Å². The van der Waals surface area contributed by atoms with Crippen molar-refractivity contribution in [2.24, 2.45) is 7.05 Å². The molecular formula is C21H31ClN6O2. The minimum atomic E-state index is -0.0751. The van der Waals surface area contributed by atoms with Crippen LogP contribution in [0.1, 0.15) is 36.1 Å². The predicted molar refractivity (Wildman–Crippen MR) is 120 cm³/mol. The van der Waals surface area contributed by atoms with Crippen LogP contribution in [0.3, 0.4) is 0 Å². The molecule has 1 aliphatic rings. The number of amides is 2. The van der Waals surface area contributed by atoms with E-state index in [4.69, 9.17) is 0 Å². The Hall–Kier alpha value is -2.42. The van der Waals surface area contributed by atoms with Crippen molar-refractivity contribution in [1.29, 1.82) is 0 Å². The van der Waals surface area contributed by atoms with Gasteiger partial charge in [-0.25, -0.2) is 4.98 Å². The number of imidazole rings is 1. The van der Waals surface area contributed by atoms with Gasteiger partial charge < -0.3 is 20.1 Å². The quantitative estimate of drug-likeness (QED) is 0.695. The first-order valence-corrected chi connectivity index (χ1v) is 10.1. The van der Waals surface area contributed by atoms with Gasteiger partial charge >= 0.3 is 0 Å². The first-order valence-electron chi connectivity index (χ1n) is 10.1. The van der Waals surface area contributed by atoms with E-state index >= 15 is 0 Å². The van der Waals surface area contributed by atoms with Gasteiger partial charge in [0.1, 0.15) is 5.82 Å². The van der Waals surface area contributed by atoms with Gasteiger partial charge in [0.2, 0.25) is 5.91 Å². The summed E-state index contributed by atoms with van der Waals surface area (Å²) in [6, 6.07) is 7.14. The molecule has 1 aromatic heterocycles. The number of benzene rings is 1.